The van der Waals surface area contributed by atoms with Gasteiger partial charge in [-0.15, -0.1) is 0 Å². The third-order valence-electron chi connectivity index (χ3n) is 3.50. The van der Waals surface area contributed by atoms with Gasteiger partial charge in [0.2, 0.25) is 0 Å². The standard InChI is InChI=1S/C16H18BrNO5S/c1-11(16(20)18-14-7-8-24(21,22)10-14)23-15(19)6-5-12-3-2-4-13(17)9-12/h2-6,9,11,14H,7-8,10H2,1H3,(H,18,20)/b6-5+/t11-,14-/m0/s1. The number of carbonyl (C=O) groups excluding carboxylic acids is 2. The van der Waals surface area contributed by atoms with Crippen molar-refractivity contribution >= 4 is 43.7 Å². The Morgan fingerprint density at radius 2 is 2.17 bits per heavy atom. The van der Waals surface area contributed by atoms with Gasteiger partial charge in [0.15, 0.2) is 15.9 Å². The van der Waals surface area contributed by atoms with Gasteiger partial charge in [-0.2, -0.15) is 0 Å². The highest BCUT2D eigenvalue weighted by Crippen LogP contribution is 2.13. The lowest BCUT2D eigenvalue weighted by Gasteiger charge is -2.15. The number of amides is 1. The van der Waals surface area contributed by atoms with E-state index in [1.807, 2.05) is 24.3 Å². The zero-order chi connectivity index (χ0) is 17.7. The van der Waals surface area contributed by atoms with Gasteiger partial charge < -0.3 is 10.1 Å². The molecule has 8 heteroatoms. The quantitative estimate of drug-likeness (QED) is 0.583. The number of nitrogens with one attached hydrogen (secondary N) is 1. The number of hydrogen-bond donors (Lipinski definition) is 1. The van der Waals surface area contributed by atoms with Crippen molar-refractivity contribution in [2.75, 3.05) is 11.5 Å². The van der Waals surface area contributed by atoms with E-state index < -0.39 is 33.9 Å². The van der Waals surface area contributed by atoms with E-state index in [1.165, 1.54) is 13.0 Å². The topological polar surface area (TPSA) is 89.5 Å². The number of sulfone groups is 1. The first-order valence-electron chi connectivity index (χ1n) is 7.40. The molecular weight excluding hydrogens is 398 g/mol. The molecule has 1 N–H and O–H groups in total. The van der Waals surface area contributed by atoms with Crippen LogP contribution >= 0.6 is 15.9 Å². The van der Waals surface area contributed by atoms with E-state index in [-0.39, 0.29) is 11.5 Å². The number of ether oxygens (including phenoxy) is 1. The Kier molecular flexibility index (Phi) is 6.17. The first-order chi connectivity index (χ1) is 11.2. The molecule has 0 bridgehead atoms. The van der Waals surface area contributed by atoms with Crippen LogP contribution in [0.3, 0.4) is 0 Å². The molecule has 1 amide bonds. The van der Waals surface area contributed by atoms with Crippen LogP contribution in [0, 0.1) is 0 Å². The molecule has 1 saturated heterocycles. The molecule has 2 rings (SSSR count). The van der Waals surface area contributed by atoms with Crippen molar-refractivity contribution < 1.29 is 22.7 Å². The third-order valence-corrected chi connectivity index (χ3v) is 5.76. The second kappa shape index (κ2) is 7.94. The summed E-state index contributed by atoms with van der Waals surface area (Å²) < 4.78 is 28.6. The molecule has 0 aliphatic carbocycles. The van der Waals surface area contributed by atoms with Crippen LogP contribution in [-0.2, 0) is 24.2 Å². The van der Waals surface area contributed by atoms with Crippen molar-refractivity contribution in [3.05, 3.63) is 40.4 Å². The summed E-state index contributed by atoms with van der Waals surface area (Å²) in [7, 11) is -3.07. The Hall–Kier alpha value is -1.67. The smallest absolute Gasteiger partial charge is 0.331 e. The molecule has 2 atom stereocenters. The molecule has 1 heterocycles. The molecule has 1 aromatic carbocycles. The molecule has 1 aliphatic rings. The lowest BCUT2D eigenvalue weighted by molar-refractivity contribution is -0.150. The van der Waals surface area contributed by atoms with Crippen molar-refractivity contribution in [1.29, 1.82) is 0 Å². The fourth-order valence-corrected chi connectivity index (χ4v) is 4.36. The summed E-state index contributed by atoms with van der Waals surface area (Å²) in [5.74, 6) is -1.14. The first kappa shape index (κ1) is 18.7. The fraction of sp³-hybridized carbons (Fsp3) is 0.375. The van der Waals surface area contributed by atoms with Crippen LogP contribution in [0.15, 0.2) is 34.8 Å². The number of carbonyl (C=O) groups is 2. The van der Waals surface area contributed by atoms with Crippen molar-refractivity contribution in [2.24, 2.45) is 0 Å². The Labute approximate surface area is 149 Å². The number of hydrogen-bond acceptors (Lipinski definition) is 5. The highest BCUT2D eigenvalue weighted by atomic mass is 79.9. The second-order valence-corrected chi connectivity index (χ2v) is 8.72. The molecule has 0 unspecified atom stereocenters. The minimum absolute atomic E-state index is 0.0673. The van der Waals surface area contributed by atoms with Crippen LogP contribution < -0.4 is 5.32 Å². The van der Waals surface area contributed by atoms with Crippen LogP contribution in [-0.4, -0.2) is 43.9 Å². The summed E-state index contributed by atoms with van der Waals surface area (Å²) >= 11 is 3.33. The van der Waals surface area contributed by atoms with Gasteiger partial charge in [-0.25, -0.2) is 13.2 Å². The largest absolute Gasteiger partial charge is 0.449 e. The zero-order valence-electron chi connectivity index (χ0n) is 13.1. The van der Waals surface area contributed by atoms with Gasteiger partial charge in [-0.1, -0.05) is 28.1 Å². The molecule has 24 heavy (non-hydrogen) atoms. The summed E-state index contributed by atoms with van der Waals surface area (Å²) in [4.78, 5) is 23.7. The summed E-state index contributed by atoms with van der Waals surface area (Å²) in [5.41, 5.74) is 0.814. The normalized spacial score (nSPS) is 20.7. The van der Waals surface area contributed by atoms with E-state index in [0.717, 1.165) is 10.0 Å². The van der Waals surface area contributed by atoms with Crippen LogP contribution in [0.1, 0.15) is 18.9 Å². The molecule has 1 aliphatic heterocycles. The monoisotopic (exact) mass is 415 g/mol. The Bertz CT molecular complexity index is 759. The third kappa shape index (κ3) is 5.76. The number of halogens is 1. The summed E-state index contributed by atoms with van der Waals surface area (Å²) in [6.45, 7) is 1.45. The van der Waals surface area contributed by atoms with Crippen LogP contribution in [0.4, 0.5) is 0 Å². The van der Waals surface area contributed by atoms with Gasteiger partial charge in [0.25, 0.3) is 5.91 Å². The van der Waals surface area contributed by atoms with E-state index in [2.05, 4.69) is 21.2 Å². The first-order valence-corrected chi connectivity index (χ1v) is 10.0. The Balaban J connectivity index is 1.83. The van der Waals surface area contributed by atoms with E-state index in [4.69, 9.17) is 4.74 Å². The molecule has 0 radical (unpaired) electrons. The molecule has 1 fully saturated rings. The molecule has 1 aromatic rings. The number of benzene rings is 1. The van der Waals surface area contributed by atoms with E-state index in [9.17, 15) is 18.0 Å². The lowest BCUT2D eigenvalue weighted by atomic mass is 10.2. The average Bonchev–Trinajstić information content (AvgIpc) is 2.84. The van der Waals surface area contributed by atoms with Gasteiger partial charge in [-0.3, -0.25) is 4.79 Å². The highest BCUT2D eigenvalue weighted by molar-refractivity contribution is 9.10. The summed E-state index contributed by atoms with van der Waals surface area (Å²) in [5, 5.41) is 2.60. The van der Waals surface area contributed by atoms with E-state index in [0.29, 0.717) is 6.42 Å². The van der Waals surface area contributed by atoms with Crippen molar-refractivity contribution in [1.82, 2.24) is 5.32 Å². The minimum Gasteiger partial charge on any atom is -0.449 e. The zero-order valence-corrected chi connectivity index (χ0v) is 15.5. The number of esters is 1. The molecule has 130 valence electrons. The van der Waals surface area contributed by atoms with Crippen molar-refractivity contribution in [3.8, 4) is 0 Å². The van der Waals surface area contributed by atoms with Crippen LogP contribution in [0.25, 0.3) is 6.08 Å². The minimum atomic E-state index is -3.07. The van der Waals surface area contributed by atoms with Gasteiger partial charge in [0.1, 0.15) is 0 Å². The van der Waals surface area contributed by atoms with Gasteiger partial charge in [-0.05, 0) is 37.1 Å². The van der Waals surface area contributed by atoms with Gasteiger partial charge in [0.05, 0.1) is 11.5 Å². The van der Waals surface area contributed by atoms with Crippen LogP contribution in [0.5, 0.6) is 0 Å². The highest BCUT2D eigenvalue weighted by Gasteiger charge is 2.30. The van der Waals surface area contributed by atoms with Gasteiger partial charge in [0, 0.05) is 16.6 Å². The average molecular weight is 416 g/mol. The molecular formula is C16H18BrNO5S. The maximum atomic E-state index is 12.0. The predicted octanol–water partition coefficient (Wildman–Crippen LogP) is 1.70. The maximum absolute atomic E-state index is 12.0. The lowest BCUT2D eigenvalue weighted by Crippen LogP contribution is -2.42. The van der Waals surface area contributed by atoms with Gasteiger partial charge >= 0.3 is 5.97 Å². The summed E-state index contributed by atoms with van der Waals surface area (Å²) in [6.07, 6.45) is 2.22. The van der Waals surface area contributed by atoms with Crippen LogP contribution in [0.2, 0.25) is 0 Å². The molecule has 0 aromatic heterocycles. The van der Waals surface area contributed by atoms with Crippen molar-refractivity contribution in [3.63, 3.8) is 0 Å². The molecule has 6 nitrogen and oxygen atoms in total. The maximum Gasteiger partial charge on any atom is 0.331 e. The van der Waals surface area contributed by atoms with Crippen molar-refractivity contribution in [2.45, 2.75) is 25.5 Å². The fourth-order valence-electron chi connectivity index (χ4n) is 2.27. The Morgan fingerprint density at radius 3 is 2.79 bits per heavy atom. The Morgan fingerprint density at radius 1 is 1.42 bits per heavy atom. The van der Waals surface area contributed by atoms with E-state index >= 15 is 0 Å². The SMILES string of the molecule is C[C@H](OC(=O)/C=C/c1cccc(Br)c1)C(=O)N[C@H]1CCS(=O)(=O)C1. The second-order valence-electron chi connectivity index (χ2n) is 5.58. The number of rotatable bonds is 5. The predicted molar refractivity (Wildman–Crippen MR) is 93.9 cm³/mol. The summed E-state index contributed by atoms with van der Waals surface area (Å²) in [6, 6.07) is 6.94. The molecule has 0 saturated carbocycles. The molecule has 0 spiro atoms. The van der Waals surface area contributed by atoms with E-state index in [1.54, 1.807) is 6.08 Å².